The first kappa shape index (κ1) is 16.0. The molecule has 1 aromatic heterocycles. The first-order valence-corrected chi connectivity index (χ1v) is 6.97. The van der Waals surface area contributed by atoms with E-state index in [2.05, 4.69) is 0 Å². The van der Waals surface area contributed by atoms with Gasteiger partial charge in [0.1, 0.15) is 16.9 Å². The number of thiocarbonyl (C=S) groups is 1. The number of fused-ring (bicyclic) bond motifs is 1. The molecular formula is C15H15NO5S. The monoisotopic (exact) mass is 321 g/mol. The summed E-state index contributed by atoms with van der Waals surface area (Å²) in [6.45, 7) is 1.85. The third-order valence-electron chi connectivity index (χ3n) is 2.77. The molecule has 2 rings (SSSR count). The molecule has 0 aliphatic heterocycles. The minimum atomic E-state index is -0.752. The van der Waals surface area contributed by atoms with Crippen molar-refractivity contribution in [2.75, 3.05) is 20.7 Å². The molecule has 7 heteroatoms. The highest BCUT2D eigenvalue weighted by atomic mass is 32.1. The van der Waals surface area contributed by atoms with E-state index in [1.807, 2.05) is 0 Å². The maximum Gasteiger partial charge on any atom is 0.351 e. The van der Waals surface area contributed by atoms with Crippen LogP contribution in [-0.2, 0) is 4.74 Å². The summed E-state index contributed by atoms with van der Waals surface area (Å²) in [7, 11) is 3.52. The average Bonchev–Trinajstić information content (AvgIpc) is 2.46. The number of rotatable bonds is 3. The lowest BCUT2D eigenvalue weighted by Gasteiger charge is -2.14. The molecule has 22 heavy (non-hydrogen) atoms. The number of carbonyl (C=O) groups excluding carboxylic acids is 1. The van der Waals surface area contributed by atoms with Gasteiger partial charge in [-0.05, 0) is 37.3 Å². The van der Waals surface area contributed by atoms with Crippen molar-refractivity contribution in [3.8, 4) is 5.75 Å². The number of hydrogen-bond acceptors (Lipinski definition) is 6. The summed E-state index contributed by atoms with van der Waals surface area (Å²) < 4.78 is 15.4. The van der Waals surface area contributed by atoms with Crippen LogP contribution < -0.4 is 10.4 Å². The third-order valence-corrected chi connectivity index (χ3v) is 3.22. The first-order valence-electron chi connectivity index (χ1n) is 6.56. The van der Waals surface area contributed by atoms with Gasteiger partial charge < -0.3 is 18.8 Å². The Labute approximate surface area is 132 Å². The average molecular weight is 321 g/mol. The van der Waals surface area contributed by atoms with Gasteiger partial charge in [-0.15, -0.1) is 0 Å². The Bertz CT molecular complexity index is 781. The Morgan fingerprint density at radius 2 is 2.05 bits per heavy atom. The molecule has 0 saturated heterocycles. The minimum Gasteiger partial charge on any atom is -0.462 e. The van der Waals surface area contributed by atoms with E-state index in [1.54, 1.807) is 44.1 Å². The maximum atomic E-state index is 11.8. The van der Waals surface area contributed by atoms with Crippen LogP contribution in [0.3, 0.4) is 0 Å². The van der Waals surface area contributed by atoms with E-state index in [4.69, 9.17) is 26.1 Å². The second-order valence-corrected chi connectivity index (χ2v) is 4.98. The van der Waals surface area contributed by atoms with Gasteiger partial charge in [0.25, 0.3) is 5.17 Å². The predicted molar refractivity (Wildman–Crippen MR) is 85.4 cm³/mol. The second-order valence-electron chi connectivity index (χ2n) is 4.63. The predicted octanol–water partition coefficient (Wildman–Crippen LogP) is 2.20. The molecule has 6 nitrogen and oxygen atoms in total. The normalized spacial score (nSPS) is 10.3. The number of ether oxygens (including phenoxy) is 2. The minimum absolute atomic E-state index is 0.133. The molecule has 2 aromatic rings. The Morgan fingerprint density at radius 3 is 2.68 bits per heavy atom. The fraction of sp³-hybridized carbons (Fsp3) is 0.267. The van der Waals surface area contributed by atoms with Gasteiger partial charge in [0.2, 0.25) is 0 Å². The van der Waals surface area contributed by atoms with Crippen molar-refractivity contribution in [3.63, 3.8) is 0 Å². The zero-order valence-electron chi connectivity index (χ0n) is 12.4. The SMILES string of the molecule is CCOC(=O)c1cc2ccc(OC(=S)N(C)C)cc2oc1=O. The summed E-state index contributed by atoms with van der Waals surface area (Å²) in [5.41, 5.74) is -0.581. The summed E-state index contributed by atoms with van der Waals surface area (Å²) in [6, 6.07) is 6.33. The molecule has 0 aliphatic carbocycles. The number of esters is 1. The third kappa shape index (κ3) is 3.43. The topological polar surface area (TPSA) is 69.0 Å². The van der Waals surface area contributed by atoms with Crippen molar-refractivity contribution < 1.29 is 18.7 Å². The highest BCUT2D eigenvalue weighted by Gasteiger charge is 2.15. The van der Waals surface area contributed by atoms with E-state index < -0.39 is 11.6 Å². The van der Waals surface area contributed by atoms with Crippen molar-refractivity contribution >= 4 is 34.3 Å². The van der Waals surface area contributed by atoms with Crippen LogP contribution in [0.1, 0.15) is 17.3 Å². The van der Waals surface area contributed by atoms with Crippen LogP contribution in [0, 0.1) is 0 Å². The highest BCUT2D eigenvalue weighted by Crippen LogP contribution is 2.21. The molecule has 0 atom stereocenters. The standard InChI is InChI=1S/C15H15NO5S/c1-4-19-13(17)11-7-9-5-6-10(20-15(22)16(2)3)8-12(9)21-14(11)18/h5-8H,4H2,1-3H3. The van der Waals surface area contributed by atoms with Gasteiger partial charge in [0.05, 0.1) is 6.61 Å². The summed E-state index contributed by atoms with van der Waals surface area (Å²) in [5, 5.41) is 0.871. The smallest absolute Gasteiger partial charge is 0.351 e. The van der Waals surface area contributed by atoms with Crippen LogP contribution in [-0.4, -0.2) is 36.7 Å². The molecule has 0 N–H and O–H groups in total. The van der Waals surface area contributed by atoms with E-state index in [1.165, 1.54) is 6.07 Å². The lowest BCUT2D eigenvalue weighted by molar-refractivity contribution is 0.0522. The Hall–Kier alpha value is -2.41. The first-order chi connectivity index (χ1) is 10.4. The summed E-state index contributed by atoms with van der Waals surface area (Å²) >= 11 is 5.04. The fourth-order valence-corrected chi connectivity index (χ4v) is 1.79. The van der Waals surface area contributed by atoms with E-state index in [9.17, 15) is 9.59 Å². The molecule has 0 aliphatic rings. The van der Waals surface area contributed by atoms with E-state index in [0.29, 0.717) is 16.7 Å². The van der Waals surface area contributed by atoms with E-state index in [0.717, 1.165) is 0 Å². The van der Waals surface area contributed by atoms with Crippen molar-refractivity contribution in [1.82, 2.24) is 4.90 Å². The van der Waals surface area contributed by atoms with Crippen LogP contribution in [0.4, 0.5) is 0 Å². The van der Waals surface area contributed by atoms with Crippen LogP contribution in [0.15, 0.2) is 33.5 Å². The molecule has 0 bridgehead atoms. The van der Waals surface area contributed by atoms with Crippen LogP contribution in [0.25, 0.3) is 11.0 Å². The molecule has 0 saturated carbocycles. The molecule has 1 heterocycles. The molecule has 0 amide bonds. The van der Waals surface area contributed by atoms with Crippen molar-refractivity contribution in [2.24, 2.45) is 0 Å². The second kappa shape index (κ2) is 6.57. The van der Waals surface area contributed by atoms with Gasteiger partial charge in [0, 0.05) is 25.5 Å². The lowest BCUT2D eigenvalue weighted by Crippen LogP contribution is -2.24. The Balaban J connectivity index is 2.39. The zero-order valence-corrected chi connectivity index (χ0v) is 13.2. The Kier molecular flexibility index (Phi) is 4.77. The van der Waals surface area contributed by atoms with Gasteiger partial charge in [0.15, 0.2) is 0 Å². The van der Waals surface area contributed by atoms with Gasteiger partial charge in [-0.2, -0.15) is 0 Å². The molecular weight excluding hydrogens is 306 g/mol. The summed E-state index contributed by atoms with van der Waals surface area (Å²) in [6.07, 6.45) is 0. The number of nitrogens with zero attached hydrogens (tertiary/aromatic N) is 1. The number of benzene rings is 1. The van der Waals surface area contributed by atoms with E-state index >= 15 is 0 Å². The zero-order chi connectivity index (χ0) is 16.3. The van der Waals surface area contributed by atoms with Crippen LogP contribution in [0.2, 0.25) is 0 Å². The molecule has 0 spiro atoms. The molecule has 116 valence electrons. The van der Waals surface area contributed by atoms with E-state index in [-0.39, 0.29) is 17.3 Å². The largest absolute Gasteiger partial charge is 0.462 e. The quantitative estimate of drug-likeness (QED) is 0.487. The van der Waals surface area contributed by atoms with Crippen LogP contribution >= 0.6 is 12.2 Å². The van der Waals surface area contributed by atoms with Gasteiger partial charge in [-0.25, -0.2) is 9.59 Å². The fourth-order valence-electron chi connectivity index (χ4n) is 1.70. The van der Waals surface area contributed by atoms with Crippen LogP contribution in [0.5, 0.6) is 5.75 Å². The van der Waals surface area contributed by atoms with Gasteiger partial charge >= 0.3 is 11.6 Å². The number of hydrogen-bond donors (Lipinski definition) is 0. The number of carbonyl (C=O) groups is 1. The lowest BCUT2D eigenvalue weighted by atomic mass is 10.2. The van der Waals surface area contributed by atoms with Crippen molar-refractivity contribution in [2.45, 2.75) is 6.92 Å². The van der Waals surface area contributed by atoms with Gasteiger partial charge in [-0.3, -0.25) is 0 Å². The van der Waals surface area contributed by atoms with Crippen molar-refractivity contribution in [3.05, 3.63) is 40.2 Å². The Morgan fingerprint density at radius 1 is 1.32 bits per heavy atom. The highest BCUT2D eigenvalue weighted by molar-refractivity contribution is 7.80. The summed E-state index contributed by atoms with van der Waals surface area (Å²) in [4.78, 5) is 25.2. The molecule has 1 aromatic carbocycles. The maximum absolute atomic E-state index is 11.8. The molecule has 0 fully saturated rings. The molecule has 0 unspecified atom stereocenters. The summed E-state index contributed by atoms with van der Waals surface area (Å²) in [5.74, 6) is -0.259. The van der Waals surface area contributed by atoms with Crippen molar-refractivity contribution in [1.29, 1.82) is 0 Å². The van der Waals surface area contributed by atoms with Gasteiger partial charge in [-0.1, -0.05) is 0 Å². The molecule has 0 radical (unpaired) electrons.